The zero-order valence-electron chi connectivity index (χ0n) is 25.1. The molecule has 0 radical (unpaired) electrons. The first-order valence-corrected chi connectivity index (χ1v) is 14.9. The summed E-state index contributed by atoms with van der Waals surface area (Å²) in [7, 11) is 2.70. The van der Waals surface area contributed by atoms with E-state index in [4.69, 9.17) is 23.7 Å². The van der Waals surface area contributed by atoms with E-state index in [9.17, 15) is 14.4 Å². The number of ether oxygens (including phenoxy) is 5. The summed E-state index contributed by atoms with van der Waals surface area (Å²) in [6.07, 6.45) is 1.50. The minimum atomic E-state index is -0.775. The van der Waals surface area contributed by atoms with Gasteiger partial charge in [0.05, 0.1) is 42.2 Å². The van der Waals surface area contributed by atoms with Crippen molar-refractivity contribution in [1.82, 2.24) is 16.1 Å². The Morgan fingerprint density at radius 3 is 2.49 bits per heavy atom. The number of benzene rings is 3. The molecule has 0 saturated carbocycles. The van der Waals surface area contributed by atoms with Crippen LogP contribution in [0.3, 0.4) is 0 Å². The third kappa shape index (κ3) is 8.65. The van der Waals surface area contributed by atoms with E-state index in [0.29, 0.717) is 47.3 Å². The number of nitrogens with one attached hydrogen (secondary N) is 3. The Labute approximate surface area is 274 Å². The minimum absolute atomic E-state index is 0.252. The van der Waals surface area contributed by atoms with Crippen molar-refractivity contribution >= 4 is 46.7 Å². The van der Waals surface area contributed by atoms with Crippen molar-refractivity contribution in [3.8, 4) is 23.0 Å². The molecule has 3 aromatic rings. The summed E-state index contributed by atoms with van der Waals surface area (Å²) in [5.74, 6) is 0.690. The fraction of sp³-hybridized carbons (Fsp3) is 0.250. The highest BCUT2D eigenvalue weighted by Gasteiger charge is 2.32. The van der Waals surface area contributed by atoms with E-state index in [1.54, 1.807) is 31.2 Å². The minimum Gasteiger partial charge on any atom is -0.493 e. The Morgan fingerprint density at radius 1 is 1.00 bits per heavy atom. The topological polar surface area (TPSA) is 146 Å². The van der Waals surface area contributed by atoms with Gasteiger partial charge in [0.1, 0.15) is 6.61 Å². The number of carbonyl (C=O) groups is 3. The summed E-state index contributed by atoms with van der Waals surface area (Å²) in [5.41, 5.74) is 5.37. The Bertz CT molecular complexity index is 1610. The Kier molecular flexibility index (Phi) is 11.6. The maximum absolute atomic E-state index is 12.5. The summed E-state index contributed by atoms with van der Waals surface area (Å²) in [6.45, 7) is 4.00. The third-order valence-corrected chi connectivity index (χ3v) is 7.32. The molecule has 0 bridgehead atoms. The van der Waals surface area contributed by atoms with Crippen LogP contribution >= 0.6 is 22.6 Å². The standard InChI is InChI=1S/C32H33IN4O8/c1-5-43-26-14-21(13-23(33)30(26)45-17-20-9-7-6-8-10-20)16-34-37-27(38)18-44-24-12-11-22(15-25(24)41-3)29-28(31(39)42-4)19(2)35-32(40)36-29/h6-16,29H,5,17-18H2,1-4H3,(H,37,38)(H2,35,36,40)/b34-16-/t29-/m1/s1. The zero-order chi connectivity index (χ0) is 32.3. The van der Waals surface area contributed by atoms with Crippen LogP contribution in [0.4, 0.5) is 4.79 Å². The number of rotatable bonds is 13. The molecule has 1 heterocycles. The highest BCUT2D eigenvalue weighted by atomic mass is 127. The van der Waals surface area contributed by atoms with E-state index in [-0.39, 0.29) is 17.9 Å². The number of nitrogens with zero attached hydrogens (tertiary/aromatic N) is 1. The zero-order valence-corrected chi connectivity index (χ0v) is 27.3. The van der Waals surface area contributed by atoms with Crippen molar-refractivity contribution < 1.29 is 38.1 Å². The maximum atomic E-state index is 12.5. The molecule has 13 heteroatoms. The SMILES string of the molecule is CCOc1cc(/C=N\NC(=O)COc2ccc([C@H]3NC(=O)NC(C)=C3C(=O)OC)cc2OC)cc(I)c1OCc1ccccc1. The van der Waals surface area contributed by atoms with Gasteiger partial charge in [-0.2, -0.15) is 5.10 Å². The van der Waals surface area contributed by atoms with E-state index in [1.807, 2.05) is 43.3 Å². The highest BCUT2D eigenvalue weighted by Crippen LogP contribution is 2.36. The quantitative estimate of drug-likeness (QED) is 0.100. The predicted molar refractivity (Wildman–Crippen MR) is 174 cm³/mol. The van der Waals surface area contributed by atoms with Crippen LogP contribution in [-0.4, -0.2) is 51.6 Å². The number of hydrogen-bond donors (Lipinski definition) is 3. The van der Waals surface area contributed by atoms with Crippen LogP contribution in [0.25, 0.3) is 0 Å². The summed E-state index contributed by atoms with van der Waals surface area (Å²) >= 11 is 2.18. The van der Waals surface area contributed by atoms with Gasteiger partial charge in [-0.25, -0.2) is 15.0 Å². The van der Waals surface area contributed by atoms with E-state index in [0.717, 1.165) is 9.13 Å². The van der Waals surface area contributed by atoms with Crippen LogP contribution in [0.5, 0.6) is 23.0 Å². The van der Waals surface area contributed by atoms with Crippen LogP contribution in [0, 0.1) is 3.57 Å². The number of allylic oxidation sites excluding steroid dienone is 1. The van der Waals surface area contributed by atoms with Crippen LogP contribution in [-0.2, 0) is 20.9 Å². The first kappa shape index (κ1) is 33.1. The van der Waals surface area contributed by atoms with Gasteiger partial charge in [-0.1, -0.05) is 36.4 Å². The normalized spacial score (nSPS) is 14.3. The lowest BCUT2D eigenvalue weighted by Gasteiger charge is -2.28. The number of urea groups is 1. The molecule has 3 aromatic carbocycles. The molecular weight excluding hydrogens is 695 g/mol. The van der Waals surface area contributed by atoms with Crippen molar-refractivity contribution in [2.24, 2.45) is 5.10 Å². The summed E-state index contributed by atoms with van der Waals surface area (Å²) < 4.78 is 28.7. The van der Waals surface area contributed by atoms with E-state index in [2.05, 4.69) is 43.8 Å². The molecule has 0 spiro atoms. The monoisotopic (exact) mass is 728 g/mol. The van der Waals surface area contributed by atoms with Gasteiger partial charge in [0, 0.05) is 5.70 Å². The molecule has 1 aliphatic rings. The van der Waals surface area contributed by atoms with Gasteiger partial charge in [0.2, 0.25) is 0 Å². The molecule has 45 heavy (non-hydrogen) atoms. The Hall–Kier alpha value is -4.79. The van der Waals surface area contributed by atoms with Crippen molar-refractivity contribution in [1.29, 1.82) is 0 Å². The summed E-state index contributed by atoms with van der Waals surface area (Å²) in [6, 6.07) is 17.1. The van der Waals surface area contributed by atoms with Gasteiger partial charge in [-0.05, 0) is 77.4 Å². The number of hydrogen-bond acceptors (Lipinski definition) is 9. The van der Waals surface area contributed by atoms with Crippen LogP contribution in [0.15, 0.2) is 77.0 Å². The largest absolute Gasteiger partial charge is 0.493 e. The molecule has 0 unspecified atom stereocenters. The average Bonchev–Trinajstić information content (AvgIpc) is 3.03. The lowest BCUT2D eigenvalue weighted by Crippen LogP contribution is -2.45. The van der Waals surface area contributed by atoms with Gasteiger partial charge >= 0.3 is 12.0 Å². The van der Waals surface area contributed by atoms with E-state index in [1.165, 1.54) is 20.4 Å². The second kappa shape index (κ2) is 15.8. The molecule has 0 saturated heterocycles. The molecule has 0 fully saturated rings. The third-order valence-electron chi connectivity index (χ3n) is 6.51. The average molecular weight is 729 g/mol. The summed E-state index contributed by atoms with van der Waals surface area (Å²) in [5, 5.41) is 9.34. The number of methoxy groups -OCH3 is 2. The van der Waals surface area contributed by atoms with Gasteiger partial charge < -0.3 is 34.3 Å². The maximum Gasteiger partial charge on any atom is 0.337 e. The molecule has 1 atom stereocenters. The van der Waals surface area contributed by atoms with Gasteiger partial charge in [-0.3, -0.25) is 4.79 Å². The van der Waals surface area contributed by atoms with Crippen molar-refractivity contribution in [3.63, 3.8) is 0 Å². The molecular formula is C32H33IN4O8. The molecule has 1 aliphatic heterocycles. The second-order valence-electron chi connectivity index (χ2n) is 9.59. The predicted octanol–water partition coefficient (Wildman–Crippen LogP) is 4.61. The number of esters is 1. The summed E-state index contributed by atoms with van der Waals surface area (Å²) in [4.78, 5) is 37.0. The number of amides is 3. The fourth-order valence-corrected chi connectivity index (χ4v) is 5.24. The van der Waals surface area contributed by atoms with Crippen LogP contribution in [0.2, 0.25) is 0 Å². The van der Waals surface area contributed by atoms with Crippen molar-refractivity contribution in [2.75, 3.05) is 27.4 Å². The fourth-order valence-electron chi connectivity index (χ4n) is 4.46. The Balaban J connectivity index is 1.38. The van der Waals surface area contributed by atoms with Crippen LogP contribution < -0.4 is 35.0 Å². The number of halogens is 1. The molecule has 3 N–H and O–H groups in total. The van der Waals surface area contributed by atoms with Crippen LogP contribution in [0.1, 0.15) is 36.6 Å². The Morgan fingerprint density at radius 2 is 1.78 bits per heavy atom. The van der Waals surface area contributed by atoms with Gasteiger partial charge in [0.15, 0.2) is 29.6 Å². The number of hydrazone groups is 1. The first-order chi connectivity index (χ1) is 21.7. The molecule has 4 rings (SSSR count). The smallest absolute Gasteiger partial charge is 0.337 e. The first-order valence-electron chi connectivity index (χ1n) is 13.9. The van der Waals surface area contributed by atoms with E-state index < -0.39 is 23.9 Å². The molecule has 3 amide bonds. The lowest BCUT2D eigenvalue weighted by atomic mass is 9.95. The van der Waals surface area contributed by atoms with E-state index >= 15 is 0 Å². The molecule has 0 aliphatic carbocycles. The van der Waals surface area contributed by atoms with Gasteiger partial charge in [0.25, 0.3) is 5.91 Å². The van der Waals surface area contributed by atoms with Gasteiger partial charge in [-0.15, -0.1) is 0 Å². The molecule has 12 nitrogen and oxygen atoms in total. The van der Waals surface area contributed by atoms with Crippen molar-refractivity contribution in [3.05, 3.63) is 92.2 Å². The number of carbonyl (C=O) groups excluding carboxylic acids is 3. The highest BCUT2D eigenvalue weighted by molar-refractivity contribution is 14.1. The van der Waals surface area contributed by atoms with Crippen molar-refractivity contribution in [2.45, 2.75) is 26.5 Å². The second-order valence-corrected chi connectivity index (χ2v) is 10.8. The molecule has 236 valence electrons. The molecule has 0 aromatic heterocycles. The lowest BCUT2D eigenvalue weighted by molar-refractivity contribution is -0.136.